The highest BCUT2D eigenvalue weighted by atomic mass is 79.9. The van der Waals surface area contributed by atoms with Crippen molar-refractivity contribution in [2.45, 2.75) is 6.54 Å². The fraction of sp³-hybridized carbons (Fsp3) is 0.0769. The summed E-state index contributed by atoms with van der Waals surface area (Å²) in [4.78, 5) is 0. The van der Waals surface area contributed by atoms with Gasteiger partial charge in [0.15, 0.2) is 0 Å². The third-order valence-corrected chi connectivity index (χ3v) is 3.86. The van der Waals surface area contributed by atoms with Gasteiger partial charge in [0.25, 0.3) is 0 Å². The van der Waals surface area contributed by atoms with Gasteiger partial charge in [-0.1, -0.05) is 29.3 Å². The predicted molar refractivity (Wildman–Crippen MR) is 77.9 cm³/mol. The number of halogens is 4. The molecular formula is C13H9BrCl2FN. The molecule has 1 nitrogen and oxygen atoms in total. The number of hydrogen-bond donors (Lipinski definition) is 1. The highest BCUT2D eigenvalue weighted by Gasteiger charge is 2.03. The van der Waals surface area contributed by atoms with Crippen molar-refractivity contribution < 1.29 is 4.39 Å². The Hall–Kier alpha value is -0.770. The van der Waals surface area contributed by atoms with E-state index in [1.807, 2.05) is 18.2 Å². The molecule has 0 aromatic heterocycles. The van der Waals surface area contributed by atoms with Crippen LogP contribution in [0.15, 0.2) is 40.9 Å². The molecule has 0 aliphatic carbocycles. The third kappa shape index (κ3) is 3.37. The van der Waals surface area contributed by atoms with E-state index in [0.717, 1.165) is 10.0 Å². The van der Waals surface area contributed by atoms with Gasteiger partial charge in [0.05, 0.1) is 10.7 Å². The summed E-state index contributed by atoms with van der Waals surface area (Å²) in [5.41, 5.74) is 1.34. The molecule has 0 bridgehead atoms. The smallest absolute Gasteiger partial charge is 0.146 e. The monoisotopic (exact) mass is 347 g/mol. The number of benzene rings is 2. The maximum atomic E-state index is 13.5. The first-order valence-corrected chi connectivity index (χ1v) is 6.74. The van der Waals surface area contributed by atoms with Crippen LogP contribution in [0.25, 0.3) is 0 Å². The van der Waals surface area contributed by atoms with E-state index in [1.165, 1.54) is 12.1 Å². The molecule has 0 saturated heterocycles. The van der Waals surface area contributed by atoms with Crippen molar-refractivity contribution in [2.75, 3.05) is 5.32 Å². The Labute approximate surface area is 123 Å². The summed E-state index contributed by atoms with van der Waals surface area (Å²) in [5.74, 6) is -0.331. The van der Waals surface area contributed by atoms with E-state index >= 15 is 0 Å². The highest BCUT2D eigenvalue weighted by Crippen LogP contribution is 2.24. The van der Waals surface area contributed by atoms with Gasteiger partial charge in [-0.3, -0.25) is 0 Å². The predicted octanol–water partition coefficient (Wildman–Crippen LogP) is 5.51. The molecule has 0 fully saturated rings. The second-order valence-electron chi connectivity index (χ2n) is 3.73. The fourth-order valence-corrected chi connectivity index (χ4v) is 2.10. The van der Waals surface area contributed by atoms with Crippen LogP contribution >= 0.6 is 39.1 Å². The molecule has 0 aliphatic heterocycles. The molecule has 94 valence electrons. The van der Waals surface area contributed by atoms with Gasteiger partial charge in [-0.15, -0.1) is 0 Å². The molecule has 2 aromatic carbocycles. The van der Waals surface area contributed by atoms with Crippen LogP contribution in [0.4, 0.5) is 10.1 Å². The van der Waals surface area contributed by atoms with Gasteiger partial charge in [0.1, 0.15) is 5.82 Å². The summed E-state index contributed by atoms with van der Waals surface area (Å²) in [7, 11) is 0. The molecule has 0 spiro atoms. The molecule has 0 aliphatic rings. The summed E-state index contributed by atoms with van der Waals surface area (Å²) in [6.07, 6.45) is 0. The Morgan fingerprint density at radius 1 is 1.11 bits per heavy atom. The van der Waals surface area contributed by atoms with Gasteiger partial charge in [-0.25, -0.2) is 4.39 Å². The Kier molecular flexibility index (Phi) is 4.49. The van der Waals surface area contributed by atoms with E-state index in [2.05, 4.69) is 21.2 Å². The average molecular weight is 349 g/mol. The molecule has 2 rings (SSSR count). The molecule has 0 radical (unpaired) electrons. The molecule has 0 heterocycles. The van der Waals surface area contributed by atoms with Gasteiger partial charge in [0, 0.05) is 16.0 Å². The van der Waals surface area contributed by atoms with E-state index in [1.54, 1.807) is 6.07 Å². The SMILES string of the molecule is Fc1ccc(Cl)cc1NCc1ccc(Br)c(Cl)c1. The fourth-order valence-electron chi connectivity index (χ4n) is 1.48. The van der Waals surface area contributed by atoms with Crippen LogP contribution < -0.4 is 5.32 Å². The maximum Gasteiger partial charge on any atom is 0.146 e. The van der Waals surface area contributed by atoms with Crippen LogP contribution in [0.5, 0.6) is 0 Å². The summed E-state index contributed by atoms with van der Waals surface area (Å²) in [5, 5.41) is 4.10. The van der Waals surface area contributed by atoms with Gasteiger partial charge in [-0.05, 0) is 51.8 Å². The number of nitrogens with one attached hydrogen (secondary N) is 1. The van der Waals surface area contributed by atoms with Crippen LogP contribution in [-0.4, -0.2) is 0 Å². The second-order valence-corrected chi connectivity index (χ2v) is 5.42. The minimum absolute atomic E-state index is 0.331. The second kappa shape index (κ2) is 5.91. The van der Waals surface area contributed by atoms with E-state index in [4.69, 9.17) is 23.2 Å². The van der Waals surface area contributed by atoms with Gasteiger partial charge in [0.2, 0.25) is 0 Å². The van der Waals surface area contributed by atoms with E-state index in [9.17, 15) is 4.39 Å². The lowest BCUT2D eigenvalue weighted by atomic mass is 10.2. The Balaban J connectivity index is 2.11. The Morgan fingerprint density at radius 2 is 1.89 bits per heavy atom. The van der Waals surface area contributed by atoms with Crippen molar-refractivity contribution in [1.82, 2.24) is 0 Å². The van der Waals surface area contributed by atoms with Crippen LogP contribution in [0.2, 0.25) is 10.0 Å². The van der Waals surface area contributed by atoms with E-state index in [-0.39, 0.29) is 5.82 Å². The number of anilines is 1. The van der Waals surface area contributed by atoms with Crippen molar-refractivity contribution in [2.24, 2.45) is 0 Å². The normalized spacial score (nSPS) is 10.4. The van der Waals surface area contributed by atoms with Crippen LogP contribution in [0.3, 0.4) is 0 Å². The van der Waals surface area contributed by atoms with Crippen LogP contribution in [-0.2, 0) is 6.54 Å². The molecular weight excluding hydrogens is 340 g/mol. The summed E-state index contributed by atoms with van der Waals surface area (Å²) < 4.78 is 14.3. The summed E-state index contributed by atoms with van der Waals surface area (Å²) >= 11 is 15.1. The molecule has 18 heavy (non-hydrogen) atoms. The first kappa shape index (κ1) is 13.7. The van der Waals surface area contributed by atoms with Gasteiger partial charge in [-0.2, -0.15) is 0 Å². The van der Waals surface area contributed by atoms with Gasteiger partial charge >= 0.3 is 0 Å². The van der Waals surface area contributed by atoms with Crippen molar-refractivity contribution >= 4 is 44.8 Å². The molecule has 0 amide bonds. The van der Waals surface area contributed by atoms with Crippen molar-refractivity contribution in [3.05, 3.63) is 62.3 Å². The molecule has 0 saturated carbocycles. The zero-order chi connectivity index (χ0) is 13.1. The minimum Gasteiger partial charge on any atom is -0.379 e. The van der Waals surface area contributed by atoms with E-state index < -0.39 is 0 Å². The minimum atomic E-state index is -0.331. The Morgan fingerprint density at radius 3 is 2.61 bits per heavy atom. The summed E-state index contributed by atoms with van der Waals surface area (Å²) in [6.45, 7) is 0.476. The topological polar surface area (TPSA) is 12.0 Å². The van der Waals surface area contributed by atoms with E-state index in [0.29, 0.717) is 22.3 Å². The standard InChI is InChI=1S/C13H9BrCl2FN/c14-10-3-1-8(5-11(10)16)7-18-13-6-9(15)2-4-12(13)17/h1-6,18H,7H2. The lowest BCUT2D eigenvalue weighted by Crippen LogP contribution is -2.01. The maximum absolute atomic E-state index is 13.5. The van der Waals surface area contributed by atoms with Crippen LogP contribution in [0, 0.1) is 5.82 Å². The summed E-state index contributed by atoms with van der Waals surface area (Å²) in [6, 6.07) is 9.98. The molecule has 2 aromatic rings. The van der Waals surface area contributed by atoms with Crippen molar-refractivity contribution in [3.63, 3.8) is 0 Å². The van der Waals surface area contributed by atoms with Gasteiger partial charge < -0.3 is 5.32 Å². The first-order valence-electron chi connectivity index (χ1n) is 5.19. The lowest BCUT2D eigenvalue weighted by molar-refractivity contribution is 0.630. The number of hydrogen-bond acceptors (Lipinski definition) is 1. The quantitative estimate of drug-likeness (QED) is 0.771. The third-order valence-electron chi connectivity index (χ3n) is 2.40. The van der Waals surface area contributed by atoms with Crippen LogP contribution in [0.1, 0.15) is 5.56 Å². The lowest BCUT2D eigenvalue weighted by Gasteiger charge is -2.09. The highest BCUT2D eigenvalue weighted by molar-refractivity contribution is 9.10. The average Bonchev–Trinajstić information content (AvgIpc) is 2.34. The zero-order valence-electron chi connectivity index (χ0n) is 9.18. The largest absolute Gasteiger partial charge is 0.379 e. The molecule has 0 unspecified atom stereocenters. The number of rotatable bonds is 3. The van der Waals surface area contributed by atoms with Crippen molar-refractivity contribution in [1.29, 1.82) is 0 Å². The molecule has 0 atom stereocenters. The Bertz CT molecular complexity index is 575. The zero-order valence-corrected chi connectivity index (χ0v) is 12.3. The first-order chi connectivity index (χ1) is 8.56. The molecule has 1 N–H and O–H groups in total. The van der Waals surface area contributed by atoms with Crippen molar-refractivity contribution in [3.8, 4) is 0 Å². The molecule has 5 heteroatoms.